The molecule has 0 spiro atoms. The Balaban J connectivity index is 0. The van der Waals surface area contributed by atoms with Gasteiger partial charge in [0.15, 0.2) is 0 Å². The molecule has 0 saturated carbocycles. The minimum Gasteiger partial charge on any atom is -0.397 e. The second-order valence-electron chi connectivity index (χ2n) is 2.57. The van der Waals surface area contributed by atoms with Crippen LogP contribution in [-0.4, -0.2) is 4.98 Å². The summed E-state index contributed by atoms with van der Waals surface area (Å²) in [5.74, 6) is 0. The van der Waals surface area contributed by atoms with E-state index in [1.807, 2.05) is 26.8 Å². The predicted octanol–water partition coefficient (Wildman–Crippen LogP) is 2.43. The average molecular weight is 209 g/mol. The van der Waals surface area contributed by atoms with Crippen LogP contribution in [0.3, 0.4) is 0 Å². The van der Waals surface area contributed by atoms with Crippen molar-refractivity contribution in [2.45, 2.75) is 20.8 Å². The zero-order chi connectivity index (χ0) is 7.72. The van der Waals surface area contributed by atoms with Crippen molar-refractivity contribution >= 4 is 30.5 Å². The standard InChI is InChI=1S/C8H12N2.2ClH/c1-5-4-8(9)7(3)10-6(5)2;;/h4H,9H2,1-3H3;2*1H. The first-order chi connectivity index (χ1) is 4.61. The molecule has 0 amide bonds. The van der Waals surface area contributed by atoms with Crippen molar-refractivity contribution in [2.24, 2.45) is 0 Å². The predicted molar refractivity (Wildman–Crippen MR) is 57.4 cm³/mol. The molecule has 1 aromatic rings. The van der Waals surface area contributed by atoms with Crippen LogP contribution in [0.5, 0.6) is 0 Å². The topological polar surface area (TPSA) is 38.9 Å². The monoisotopic (exact) mass is 208 g/mol. The minimum atomic E-state index is 0. The molecule has 1 aromatic heterocycles. The van der Waals surface area contributed by atoms with Crippen molar-refractivity contribution in [3.8, 4) is 0 Å². The van der Waals surface area contributed by atoms with Crippen molar-refractivity contribution in [2.75, 3.05) is 5.73 Å². The SMILES string of the molecule is Cc1cc(N)c(C)nc1C.Cl.Cl. The van der Waals surface area contributed by atoms with E-state index in [2.05, 4.69) is 4.98 Å². The maximum Gasteiger partial charge on any atom is 0.0605 e. The molecule has 0 aliphatic carbocycles. The normalized spacial score (nSPS) is 8.25. The third kappa shape index (κ3) is 2.88. The van der Waals surface area contributed by atoms with Crippen LogP contribution in [0.25, 0.3) is 0 Å². The van der Waals surface area contributed by atoms with Gasteiger partial charge in [-0.2, -0.15) is 0 Å². The molecule has 12 heavy (non-hydrogen) atoms. The maximum absolute atomic E-state index is 5.63. The fourth-order valence-corrected chi connectivity index (χ4v) is 0.846. The molecule has 0 bridgehead atoms. The van der Waals surface area contributed by atoms with Crippen molar-refractivity contribution in [1.82, 2.24) is 4.98 Å². The van der Waals surface area contributed by atoms with Crippen LogP contribution in [0.1, 0.15) is 17.0 Å². The number of halogens is 2. The van der Waals surface area contributed by atoms with E-state index in [-0.39, 0.29) is 24.8 Å². The Hall–Kier alpha value is -0.470. The summed E-state index contributed by atoms with van der Waals surface area (Å²) in [6.45, 7) is 5.92. The van der Waals surface area contributed by atoms with Gasteiger partial charge in [0.05, 0.1) is 11.4 Å². The van der Waals surface area contributed by atoms with Gasteiger partial charge in [-0.05, 0) is 32.4 Å². The molecular weight excluding hydrogens is 195 g/mol. The Morgan fingerprint density at radius 1 is 1.08 bits per heavy atom. The lowest BCUT2D eigenvalue weighted by molar-refractivity contribution is 1.09. The van der Waals surface area contributed by atoms with Gasteiger partial charge in [0.2, 0.25) is 0 Å². The smallest absolute Gasteiger partial charge is 0.0605 e. The highest BCUT2D eigenvalue weighted by Gasteiger charge is 1.97. The molecule has 0 atom stereocenters. The summed E-state index contributed by atoms with van der Waals surface area (Å²) in [5.41, 5.74) is 9.54. The molecule has 0 unspecified atom stereocenters. The number of hydrogen-bond acceptors (Lipinski definition) is 2. The second-order valence-corrected chi connectivity index (χ2v) is 2.57. The highest BCUT2D eigenvalue weighted by atomic mass is 35.5. The lowest BCUT2D eigenvalue weighted by Gasteiger charge is -2.02. The molecule has 4 heteroatoms. The summed E-state index contributed by atoms with van der Waals surface area (Å²) in [4.78, 5) is 4.25. The number of pyridine rings is 1. The van der Waals surface area contributed by atoms with Crippen molar-refractivity contribution in [1.29, 1.82) is 0 Å². The number of nitrogens with zero attached hydrogens (tertiary/aromatic N) is 1. The van der Waals surface area contributed by atoms with Crippen LogP contribution in [-0.2, 0) is 0 Å². The van der Waals surface area contributed by atoms with Crippen LogP contribution in [0, 0.1) is 20.8 Å². The van der Waals surface area contributed by atoms with Gasteiger partial charge in [-0.25, -0.2) is 0 Å². The van der Waals surface area contributed by atoms with E-state index in [4.69, 9.17) is 5.73 Å². The van der Waals surface area contributed by atoms with Gasteiger partial charge in [-0.15, -0.1) is 24.8 Å². The first-order valence-electron chi connectivity index (χ1n) is 3.31. The van der Waals surface area contributed by atoms with Gasteiger partial charge in [-0.3, -0.25) is 4.98 Å². The van der Waals surface area contributed by atoms with Gasteiger partial charge in [0.25, 0.3) is 0 Å². The number of aryl methyl sites for hydroxylation is 3. The summed E-state index contributed by atoms with van der Waals surface area (Å²) >= 11 is 0. The van der Waals surface area contributed by atoms with Gasteiger partial charge >= 0.3 is 0 Å². The zero-order valence-corrected chi connectivity index (χ0v) is 9.05. The van der Waals surface area contributed by atoms with Gasteiger partial charge in [-0.1, -0.05) is 0 Å². The van der Waals surface area contributed by atoms with Gasteiger partial charge in [0.1, 0.15) is 0 Å². The summed E-state index contributed by atoms with van der Waals surface area (Å²) in [5, 5.41) is 0. The van der Waals surface area contributed by atoms with E-state index in [0.29, 0.717) is 0 Å². The molecule has 0 aliphatic rings. The van der Waals surface area contributed by atoms with E-state index >= 15 is 0 Å². The van der Waals surface area contributed by atoms with Crippen LogP contribution >= 0.6 is 24.8 Å². The van der Waals surface area contributed by atoms with E-state index in [1.54, 1.807) is 0 Å². The molecule has 1 heterocycles. The number of nitrogens with two attached hydrogens (primary N) is 1. The summed E-state index contributed by atoms with van der Waals surface area (Å²) in [6.07, 6.45) is 0. The fraction of sp³-hybridized carbons (Fsp3) is 0.375. The van der Waals surface area contributed by atoms with E-state index in [0.717, 1.165) is 22.6 Å². The molecule has 0 aromatic carbocycles. The van der Waals surface area contributed by atoms with E-state index in [9.17, 15) is 0 Å². The molecule has 0 fully saturated rings. The van der Waals surface area contributed by atoms with Crippen molar-refractivity contribution in [3.63, 3.8) is 0 Å². The maximum atomic E-state index is 5.63. The molecule has 2 nitrogen and oxygen atoms in total. The number of hydrogen-bond donors (Lipinski definition) is 1. The average Bonchev–Trinajstić information content (AvgIpc) is 1.84. The third-order valence-corrected chi connectivity index (χ3v) is 1.70. The zero-order valence-electron chi connectivity index (χ0n) is 7.42. The highest BCUT2D eigenvalue weighted by molar-refractivity contribution is 5.85. The van der Waals surface area contributed by atoms with Gasteiger partial charge < -0.3 is 5.73 Å². The summed E-state index contributed by atoms with van der Waals surface area (Å²) in [7, 11) is 0. The second kappa shape index (κ2) is 5.22. The molecule has 0 aliphatic heterocycles. The number of rotatable bonds is 0. The molecule has 1 rings (SSSR count). The van der Waals surface area contributed by atoms with E-state index in [1.165, 1.54) is 0 Å². The summed E-state index contributed by atoms with van der Waals surface area (Å²) < 4.78 is 0. The lowest BCUT2D eigenvalue weighted by atomic mass is 10.2. The first kappa shape index (κ1) is 14.1. The number of nitrogen functional groups attached to an aromatic ring is 1. The Labute approximate surface area is 85.4 Å². The Morgan fingerprint density at radius 3 is 2.00 bits per heavy atom. The molecule has 2 N–H and O–H groups in total. The van der Waals surface area contributed by atoms with Crippen LogP contribution < -0.4 is 5.73 Å². The number of aromatic nitrogens is 1. The quantitative estimate of drug-likeness (QED) is 0.712. The van der Waals surface area contributed by atoms with Crippen LogP contribution in [0.2, 0.25) is 0 Å². The van der Waals surface area contributed by atoms with Crippen molar-refractivity contribution < 1.29 is 0 Å². The molecule has 0 radical (unpaired) electrons. The Bertz CT molecular complexity index is 211. The molecule has 0 saturated heterocycles. The lowest BCUT2D eigenvalue weighted by Crippen LogP contribution is -1.96. The fourth-order valence-electron chi connectivity index (χ4n) is 0.846. The van der Waals surface area contributed by atoms with Crippen LogP contribution in [0.4, 0.5) is 5.69 Å². The van der Waals surface area contributed by atoms with E-state index < -0.39 is 0 Å². The molecular formula is C8H14Cl2N2. The Kier molecular flexibility index (Phi) is 6.13. The Morgan fingerprint density at radius 2 is 1.58 bits per heavy atom. The molecule has 70 valence electrons. The van der Waals surface area contributed by atoms with Gasteiger partial charge in [0, 0.05) is 5.69 Å². The number of anilines is 1. The summed E-state index contributed by atoms with van der Waals surface area (Å²) in [6, 6.07) is 1.96. The largest absolute Gasteiger partial charge is 0.397 e. The third-order valence-electron chi connectivity index (χ3n) is 1.70. The minimum absolute atomic E-state index is 0. The van der Waals surface area contributed by atoms with Crippen molar-refractivity contribution in [3.05, 3.63) is 23.0 Å². The van der Waals surface area contributed by atoms with Crippen LogP contribution in [0.15, 0.2) is 6.07 Å². The highest BCUT2D eigenvalue weighted by Crippen LogP contribution is 2.12. The first-order valence-corrected chi connectivity index (χ1v) is 3.31.